The Kier molecular flexibility index (Phi) is 6.64. The summed E-state index contributed by atoms with van der Waals surface area (Å²) in [6.45, 7) is 5.73. The van der Waals surface area contributed by atoms with Crippen LogP contribution in [0.3, 0.4) is 0 Å². The van der Waals surface area contributed by atoms with E-state index in [4.69, 9.17) is 9.84 Å². The Hall–Kier alpha value is -4.45. The van der Waals surface area contributed by atoms with Gasteiger partial charge in [0.1, 0.15) is 17.2 Å². The number of carboxylic acid groups (broad SMARTS) is 1. The van der Waals surface area contributed by atoms with Gasteiger partial charge in [0, 0.05) is 29.3 Å². The number of pyridine rings is 1. The summed E-state index contributed by atoms with van der Waals surface area (Å²) in [6, 6.07) is 15.9. The standard InChI is InChI=1S/C29H25NO5/c1-4-20-7-5-6-8-22(20)27(34)24-16-30-25-15-21(31)10-11-23(25)29(24)35-28-17(2)13-19(14-18(28)3)9-12-26(32)33/h5-16,31H,4H2,1-3H3,(H,32,33)/b12-9+. The number of rotatable bonds is 7. The summed E-state index contributed by atoms with van der Waals surface area (Å²) >= 11 is 0. The molecule has 0 aliphatic carbocycles. The fraction of sp³-hybridized carbons (Fsp3) is 0.138. The van der Waals surface area contributed by atoms with Crippen LogP contribution in [0.2, 0.25) is 0 Å². The number of aliphatic carboxylic acids is 1. The van der Waals surface area contributed by atoms with Crippen molar-refractivity contribution in [3.8, 4) is 17.2 Å². The van der Waals surface area contributed by atoms with E-state index >= 15 is 0 Å². The molecular formula is C29H25NO5. The van der Waals surface area contributed by atoms with E-state index in [-0.39, 0.29) is 11.5 Å². The van der Waals surface area contributed by atoms with Crippen molar-refractivity contribution >= 4 is 28.7 Å². The van der Waals surface area contributed by atoms with Gasteiger partial charge in [0.05, 0.1) is 11.1 Å². The zero-order valence-corrected chi connectivity index (χ0v) is 19.7. The number of benzene rings is 3. The molecule has 1 aromatic heterocycles. The number of aromatic hydroxyl groups is 1. The molecule has 2 N–H and O–H groups in total. The summed E-state index contributed by atoms with van der Waals surface area (Å²) in [5, 5.41) is 19.5. The number of ketones is 1. The van der Waals surface area contributed by atoms with Crippen LogP contribution < -0.4 is 4.74 Å². The lowest BCUT2D eigenvalue weighted by Crippen LogP contribution is -2.08. The normalized spacial score (nSPS) is 11.2. The number of phenols is 1. The van der Waals surface area contributed by atoms with Gasteiger partial charge in [0.15, 0.2) is 5.78 Å². The number of fused-ring (bicyclic) bond motifs is 1. The molecule has 0 spiro atoms. The molecule has 4 aromatic rings. The van der Waals surface area contributed by atoms with Crippen LogP contribution in [0, 0.1) is 13.8 Å². The first-order valence-electron chi connectivity index (χ1n) is 11.2. The minimum absolute atomic E-state index is 0.0632. The number of hydrogen-bond acceptors (Lipinski definition) is 5. The molecule has 0 radical (unpaired) electrons. The van der Waals surface area contributed by atoms with E-state index in [9.17, 15) is 14.7 Å². The SMILES string of the molecule is CCc1ccccc1C(=O)c1cnc2cc(O)ccc2c1Oc1c(C)cc(/C=C/C(=O)O)cc1C. The lowest BCUT2D eigenvalue weighted by molar-refractivity contribution is -0.131. The highest BCUT2D eigenvalue weighted by Gasteiger charge is 2.22. The number of carbonyl (C=O) groups excluding carboxylic acids is 1. The predicted molar refractivity (Wildman–Crippen MR) is 135 cm³/mol. The first-order chi connectivity index (χ1) is 16.8. The van der Waals surface area contributed by atoms with E-state index in [0.717, 1.165) is 28.3 Å². The Morgan fingerprint density at radius 1 is 0.971 bits per heavy atom. The van der Waals surface area contributed by atoms with E-state index in [0.29, 0.717) is 39.9 Å². The molecular weight excluding hydrogens is 442 g/mol. The van der Waals surface area contributed by atoms with Crippen LogP contribution in [0.25, 0.3) is 17.0 Å². The number of ether oxygens (including phenoxy) is 1. The summed E-state index contributed by atoms with van der Waals surface area (Å²) in [4.78, 5) is 29.0. The molecule has 0 aliphatic rings. The number of phenolic OH excluding ortho intramolecular Hbond substituents is 1. The van der Waals surface area contributed by atoms with E-state index < -0.39 is 5.97 Å². The number of aryl methyl sites for hydroxylation is 3. The topological polar surface area (TPSA) is 96.7 Å². The van der Waals surface area contributed by atoms with Crippen molar-refractivity contribution in [2.75, 3.05) is 0 Å². The Labute approximate surface area is 203 Å². The van der Waals surface area contributed by atoms with Gasteiger partial charge in [-0.3, -0.25) is 9.78 Å². The first-order valence-corrected chi connectivity index (χ1v) is 11.2. The van der Waals surface area contributed by atoms with Gasteiger partial charge in [-0.2, -0.15) is 0 Å². The maximum Gasteiger partial charge on any atom is 0.328 e. The third-order valence-corrected chi connectivity index (χ3v) is 5.80. The molecule has 6 heteroatoms. The highest BCUT2D eigenvalue weighted by molar-refractivity contribution is 6.14. The average molecular weight is 468 g/mol. The molecule has 35 heavy (non-hydrogen) atoms. The fourth-order valence-electron chi connectivity index (χ4n) is 4.13. The smallest absolute Gasteiger partial charge is 0.328 e. The molecule has 0 amide bonds. The van der Waals surface area contributed by atoms with Crippen molar-refractivity contribution in [1.82, 2.24) is 4.98 Å². The maximum absolute atomic E-state index is 13.7. The van der Waals surface area contributed by atoms with Crippen molar-refractivity contribution in [3.05, 3.63) is 100 Å². The number of carboxylic acids is 1. The Balaban J connectivity index is 1.88. The average Bonchev–Trinajstić information content (AvgIpc) is 2.84. The van der Waals surface area contributed by atoms with Gasteiger partial charge in [0.2, 0.25) is 0 Å². The number of hydrogen-bond donors (Lipinski definition) is 2. The van der Waals surface area contributed by atoms with Crippen molar-refractivity contribution in [2.45, 2.75) is 27.2 Å². The monoisotopic (exact) mass is 467 g/mol. The van der Waals surface area contributed by atoms with E-state index in [2.05, 4.69) is 4.98 Å². The van der Waals surface area contributed by atoms with Gasteiger partial charge < -0.3 is 14.9 Å². The highest BCUT2D eigenvalue weighted by Crippen LogP contribution is 2.38. The zero-order valence-electron chi connectivity index (χ0n) is 19.7. The number of nitrogens with zero attached hydrogens (tertiary/aromatic N) is 1. The third kappa shape index (κ3) is 4.92. The summed E-state index contributed by atoms with van der Waals surface area (Å²) in [6.07, 6.45) is 4.80. The second kappa shape index (κ2) is 9.81. The van der Waals surface area contributed by atoms with E-state index in [1.165, 1.54) is 24.4 Å². The molecule has 0 unspecified atom stereocenters. The molecule has 0 saturated heterocycles. The Bertz CT molecular complexity index is 1460. The second-order valence-corrected chi connectivity index (χ2v) is 8.30. The van der Waals surface area contributed by atoms with Crippen molar-refractivity contribution in [1.29, 1.82) is 0 Å². The van der Waals surface area contributed by atoms with E-state index in [1.807, 2.05) is 51.1 Å². The minimum atomic E-state index is -1.03. The molecule has 3 aromatic carbocycles. The zero-order chi connectivity index (χ0) is 25.1. The van der Waals surface area contributed by atoms with Crippen molar-refractivity contribution in [3.63, 3.8) is 0 Å². The molecule has 4 rings (SSSR count). The van der Waals surface area contributed by atoms with Crippen LogP contribution in [-0.4, -0.2) is 26.9 Å². The van der Waals surface area contributed by atoms with Crippen molar-refractivity contribution < 1.29 is 24.5 Å². The van der Waals surface area contributed by atoms with E-state index in [1.54, 1.807) is 12.1 Å². The molecule has 0 aliphatic heterocycles. The molecule has 1 heterocycles. The summed E-state index contributed by atoms with van der Waals surface area (Å²) < 4.78 is 6.44. The van der Waals surface area contributed by atoms with Gasteiger partial charge in [-0.1, -0.05) is 31.2 Å². The van der Waals surface area contributed by atoms with Crippen LogP contribution in [0.5, 0.6) is 17.2 Å². The molecule has 0 atom stereocenters. The Morgan fingerprint density at radius 3 is 2.37 bits per heavy atom. The largest absolute Gasteiger partial charge is 0.508 e. The molecule has 0 saturated carbocycles. The number of carbonyl (C=O) groups is 2. The van der Waals surface area contributed by atoms with Crippen LogP contribution in [0.4, 0.5) is 0 Å². The maximum atomic E-state index is 13.7. The third-order valence-electron chi connectivity index (χ3n) is 5.80. The second-order valence-electron chi connectivity index (χ2n) is 8.30. The minimum Gasteiger partial charge on any atom is -0.508 e. The predicted octanol–water partition coefficient (Wildman–Crippen LogP) is 6.24. The van der Waals surface area contributed by atoms with Crippen LogP contribution in [-0.2, 0) is 11.2 Å². The molecule has 6 nitrogen and oxygen atoms in total. The summed E-state index contributed by atoms with van der Waals surface area (Å²) in [7, 11) is 0. The fourth-order valence-corrected chi connectivity index (χ4v) is 4.13. The van der Waals surface area contributed by atoms with Gasteiger partial charge in [-0.05, 0) is 72.9 Å². The molecule has 0 fully saturated rings. The van der Waals surface area contributed by atoms with Crippen LogP contribution in [0.1, 0.15) is 45.1 Å². The quantitative estimate of drug-likeness (QED) is 0.247. The van der Waals surface area contributed by atoms with Gasteiger partial charge in [0.25, 0.3) is 0 Å². The molecule has 176 valence electrons. The first kappa shape index (κ1) is 23.7. The van der Waals surface area contributed by atoms with Crippen LogP contribution >= 0.6 is 0 Å². The molecule has 0 bridgehead atoms. The summed E-state index contributed by atoms with van der Waals surface area (Å²) in [5.41, 5.74) is 4.62. The van der Waals surface area contributed by atoms with Gasteiger partial charge in [-0.15, -0.1) is 0 Å². The Morgan fingerprint density at radius 2 is 1.69 bits per heavy atom. The van der Waals surface area contributed by atoms with Crippen molar-refractivity contribution in [2.24, 2.45) is 0 Å². The highest BCUT2D eigenvalue weighted by atomic mass is 16.5. The van der Waals surface area contributed by atoms with Gasteiger partial charge >= 0.3 is 5.97 Å². The lowest BCUT2D eigenvalue weighted by atomic mass is 9.96. The van der Waals surface area contributed by atoms with Gasteiger partial charge in [-0.25, -0.2) is 4.79 Å². The summed E-state index contributed by atoms with van der Waals surface area (Å²) in [5.74, 6) is -0.242. The van der Waals surface area contributed by atoms with Crippen LogP contribution in [0.15, 0.2) is 66.9 Å². The number of aromatic nitrogens is 1. The lowest BCUT2D eigenvalue weighted by Gasteiger charge is -2.18.